The summed E-state index contributed by atoms with van der Waals surface area (Å²) in [5.74, 6) is -0.996. The molecular weight excluding hydrogens is 387 g/mol. The average molecular weight is 404 g/mol. The number of hydrogen-bond acceptors (Lipinski definition) is 5. The lowest BCUT2D eigenvalue weighted by Crippen LogP contribution is -2.37. The van der Waals surface area contributed by atoms with Gasteiger partial charge >= 0.3 is 0 Å². The van der Waals surface area contributed by atoms with Gasteiger partial charge in [0.1, 0.15) is 5.82 Å². The summed E-state index contributed by atoms with van der Waals surface area (Å²) in [5.41, 5.74) is 1.25. The zero-order valence-electron chi connectivity index (χ0n) is 14.7. The molecule has 1 saturated heterocycles. The Hall–Kier alpha value is -2.45. The molecule has 0 atom stereocenters. The van der Waals surface area contributed by atoms with Crippen molar-refractivity contribution in [2.45, 2.75) is 13.8 Å². The molecule has 1 aromatic heterocycles. The maximum atomic E-state index is 13.0. The minimum Gasteiger partial charge on any atom is -0.350 e. The largest absolute Gasteiger partial charge is 0.350 e. The molecule has 1 aliphatic rings. The van der Waals surface area contributed by atoms with E-state index in [4.69, 9.17) is 0 Å². The summed E-state index contributed by atoms with van der Waals surface area (Å²) in [6.45, 7) is 4.08. The van der Waals surface area contributed by atoms with Gasteiger partial charge in [0.15, 0.2) is 0 Å². The number of thiophene rings is 1. The number of rotatable bonds is 5. The highest BCUT2D eigenvalue weighted by Crippen LogP contribution is 2.31. The van der Waals surface area contributed by atoms with Gasteiger partial charge < -0.3 is 5.32 Å². The number of nitrogens with zero attached hydrogens (tertiary/aromatic N) is 1. The first-order valence-corrected chi connectivity index (χ1v) is 9.84. The van der Waals surface area contributed by atoms with Crippen LogP contribution in [-0.4, -0.2) is 35.0 Å². The van der Waals surface area contributed by atoms with Crippen molar-refractivity contribution in [3.05, 3.63) is 61.9 Å². The van der Waals surface area contributed by atoms with Gasteiger partial charge in [0.05, 0.1) is 10.5 Å². The van der Waals surface area contributed by atoms with Crippen LogP contribution in [0.1, 0.15) is 25.7 Å². The Labute approximate surface area is 164 Å². The van der Waals surface area contributed by atoms with E-state index in [1.165, 1.54) is 24.3 Å². The Morgan fingerprint density at radius 1 is 1.22 bits per heavy atom. The quantitative estimate of drug-likeness (QED) is 0.766. The third-order valence-electron chi connectivity index (χ3n) is 3.95. The molecule has 0 unspecified atom stereocenters. The maximum Gasteiger partial charge on any atom is 0.293 e. The molecule has 3 amide bonds. The van der Waals surface area contributed by atoms with Crippen LogP contribution in [0.25, 0.3) is 6.08 Å². The maximum absolute atomic E-state index is 13.0. The number of thioether (sulfide) groups is 1. The predicted molar refractivity (Wildman–Crippen MR) is 105 cm³/mol. The first-order chi connectivity index (χ1) is 12.8. The summed E-state index contributed by atoms with van der Waals surface area (Å²) in [7, 11) is 0. The van der Waals surface area contributed by atoms with Gasteiger partial charge in [-0.2, -0.15) is 0 Å². The van der Waals surface area contributed by atoms with E-state index in [9.17, 15) is 18.8 Å². The average Bonchev–Trinajstić information content (AvgIpc) is 3.09. The van der Waals surface area contributed by atoms with Gasteiger partial charge in [-0.15, -0.1) is 11.3 Å². The molecule has 1 N–H and O–H groups in total. The highest BCUT2D eigenvalue weighted by Gasteiger charge is 2.34. The minimum absolute atomic E-state index is 0.0966. The lowest BCUT2D eigenvalue weighted by Gasteiger charge is -2.12. The van der Waals surface area contributed by atoms with Crippen LogP contribution in [0.4, 0.5) is 9.18 Å². The lowest BCUT2D eigenvalue weighted by atomic mass is 10.2. The van der Waals surface area contributed by atoms with Crippen LogP contribution in [0.15, 0.2) is 35.2 Å². The monoisotopic (exact) mass is 404 g/mol. The van der Waals surface area contributed by atoms with Crippen molar-refractivity contribution >= 4 is 46.2 Å². The number of imide groups is 1. The molecule has 0 radical (unpaired) electrons. The number of carbonyl (C=O) groups is 3. The zero-order valence-corrected chi connectivity index (χ0v) is 16.4. The second kappa shape index (κ2) is 8.06. The molecule has 0 saturated carbocycles. The van der Waals surface area contributed by atoms with Gasteiger partial charge in [0.2, 0.25) is 0 Å². The number of amides is 3. The summed E-state index contributed by atoms with van der Waals surface area (Å²) in [4.78, 5) is 40.1. The van der Waals surface area contributed by atoms with E-state index in [0.29, 0.717) is 11.1 Å². The number of aryl methyl sites for hydroxylation is 2. The molecule has 3 rings (SSSR count). The second-order valence-electron chi connectivity index (χ2n) is 5.97. The molecule has 8 heteroatoms. The number of nitrogens with one attached hydrogen (secondary N) is 1. The third-order valence-corrected chi connectivity index (χ3v) is 5.82. The molecule has 0 bridgehead atoms. The summed E-state index contributed by atoms with van der Waals surface area (Å²) in [6, 6.07) is 7.48. The van der Waals surface area contributed by atoms with Gasteiger partial charge in [-0.1, -0.05) is 12.1 Å². The normalized spacial score (nSPS) is 15.7. The fourth-order valence-electron chi connectivity index (χ4n) is 2.64. The van der Waals surface area contributed by atoms with E-state index in [1.807, 2.05) is 19.9 Å². The molecule has 0 spiro atoms. The van der Waals surface area contributed by atoms with Gasteiger partial charge in [-0.05, 0) is 55.4 Å². The van der Waals surface area contributed by atoms with Crippen molar-refractivity contribution in [3.63, 3.8) is 0 Å². The number of hydrogen-bond donors (Lipinski definition) is 1. The van der Waals surface area contributed by atoms with E-state index in [1.54, 1.807) is 17.4 Å². The Kier molecular flexibility index (Phi) is 5.76. The molecule has 140 valence electrons. The number of benzene rings is 1. The predicted octanol–water partition coefficient (Wildman–Crippen LogP) is 3.97. The molecule has 27 heavy (non-hydrogen) atoms. The molecule has 2 heterocycles. The molecular formula is C19H17FN2O3S2. The second-order valence-corrected chi connectivity index (χ2v) is 8.42. The molecule has 1 fully saturated rings. The summed E-state index contributed by atoms with van der Waals surface area (Å²) in [6.07, 6.45) is 1.56. The van der Waals surface area contributed by atoms with Crippen LogP contribution in [0, 0.1) is 19.7 Å². The molecule has 2 aromatic rings. The topological polar surface area (TPSA) is 66.5 Å². The molecule has 1 aliphatic heterocycles. The Bertz CT molecular complexity index is 935. The van der Waals surface area contributed by atoms with Crippen LogP contribution in [0.3, 0.4) is 0 Å². The van der Waals surface area contributed by atoms with E-state index < -0.39 is 5.91 Å². The van der Waals surface area contributed by atoms with E-state index in [2.05, 4.69) is 5.32 Å². The minimum atomic E-state index is -0.411. The van der Waals surface area contributed by atoms with E-state index >= 15 is 0 Å². The summed E-state index contributed by atoms with van der Waals surface area (Å²) >= 11 is 2.38. The highest BCUT2D eigenvalue weighted by molar-refractivity contribution is 8.18. The lowest BCUT2D eigenvalue weighted by molar-refractivity contribution is -0.122. The smallest absolute Gasteiger partial charge is 0.293 e. The zero-order chi connectivity index (χ0) is 19.6. The molecule has 0 aliphatic carbocycles. The van der Waals surface area contributed by atoms with Crippen LogP contribution in [0.2, 0.25) is 0 Å². The first-order valence-electron chi connectivity index (χ1n) is 8.21. The summed E-state index contributed by atoms with van der Waals surface area (Å²) in [5, 5.41) is 2.36. The van der Waals surface area contributed by atoms with Crippen molar-refractivity contribution in [2.24, 2.45) is 0 Å². The van der Waals surface area contributed by atoms with Crippen LogP contribution in [-0.2, 0) is 4.79 Å². The summed E-state index contributed by atoms with van der Waals surface area (Å²) < 4.78 is 13.0. The van der Waals surface area contributed by atoms with E-state index in [0.717, 1.165) is 26.4 Å². The van der Waals surface area contributed by atoms with Gasteiger partial charge in [0, 0.05) is 22.8 Å². The first kappa shape index (κ1) is 19.3. The van der Waals surface area contributed by atoms with E-state index in [-0.39, 0.29) is 35.0 Å². The molecule has 5 nitrogen and oxygen atoms in total. The van der Waals surface area contributed by atoms with Crippen molar-refractivity contribution in [3.8, 4) is 0 Å². The number of halogens is 1. The van der Waals surface area contributed by atoms with Gasteiger partial charge in [0.25, 0.3) is 17.1 Å². The fourth-order valence-corrected chi connectivity index (χ4v) is 4.42. The fraction of sp³-hybridized carbons (Fsp3) is 0.211. The Morgan fingerprint density at radius 3 is 2.56 bits per heavy atom. The standard InChI is InChI=1S/C19H17FN2O3S2/c1-11-9-15(12(2)26-11)17(23)21-7-8-22-18(24)16(27-19(22)25)10-13-3-5-14(20)6-4-13/h3-6,9-10H,7-8H2,1-2H3,(H,21,23)/b16-10-. The van der Waals surface area contributed by atoms with Crippen molar-refractivity contribution in [1.29, 1.82) is 0 Å². The van der Waals surface area contributed by atoms with Crippen LogP contribution < -0.4 is 5.32 Å². The van der Waals surface area contributed by atoms with Crippen LogP contribution >= 0.6 is 23.1 Å². The van der Waals surface area contributed by atoms with Crippen LogP contribution in [0.5, 0.6) is 0 Å². The highest BCUT2D eigenvalue weighted by atomic mass is 32.2. The third kappa shape index (κ3) is 4.45. The van der Waals surface area contributed by atoms with Crippen molar-refractivity contribution in [2.75, 3.05) is 13.1 Å². The SMILES string of the molecule is Cc1cc(C(=O)NCCN2C(=O)S/C(=C\c3ccc(F)cc3)C2=O)c(C)s1. The Balaban J connectivity index is 1.60. The molecule has 1 aromatic carbocycles. The Morgan fingerprint density at radius 2 is 1.93 bits per heavy atom. The van der Waals surface area contributed by atoms with Crippen molar-refractivity contribution < 1.29 is 18.8 Å². The van der Waals surface area contributed by atoms with Gasteiger partial charge in [-0.3, -0.25) is 19.3 Å². The van der Waals surface area contributed by atoms with Crippen molar-refractivity contribution in [1.82, 2.24) is 10.2 Å². The number of carbonyl (C=O) groups excluding carboxylic acids is 3. The van der Waals surface area contributed by atoms with Gasteiger partial charge in [-0.25, -0.2) is 4.39 Å².